The second-order valence-electron chi connectivity index (χ2n) is 8.93. The van der Waals surface area contributed by atoms with Gasteiger partial charge in [0.15, 0.2) is 0 Å². The molecule has 5 aromatic carbocycles. The fraction of sp³-hybridized carbons (Fsp3) is 0.0625. The summed E-state index contributed by atoms with van der Waals surface area (Å²) >= 11 is 6.14. The summed E-state index contributed by atoms with van der Waals surface area (Å²) in [6.07, 6.45) is 4.07. The van der Waals surface area contributed by atoms with Crippen molar-refractivity contribution in [3.63, 3.8) is 0 Å². The summed E-state index contributed by atoms with van der Waals surface area (Å²) in [5.41, 5.74) is 3.93. The Morgan fingerprint density at radius 3 is 2.08 bits per heavy atom. The van der Waals surface area contributed by atoms with Crippen LogP contribution in [0.15, 0.2) is 120 Å². The molecule has 3 nitrogen and oxygen atoms in total. The molecule has 1 heterocycles. The van der Waals surface area contributed by atoms with Gasteiger partial charge in [-0.3, -0.25) is 4.79 Å². The molecular weight excluding hydrogens is 464 g/mol. The molecule has 0 fully saturated rings. The second kappa shape index (κ2) is 9.44. The number of hydrogen-bond acceptors (Lipinski definition) is 2. The molecule has 1 amide bonds. The average molecular weight is 487 g/mol. The Hall–Kier alpha value is -4.21. The summed E-state index contributed by atoms with van der Waals surface area (Å²) in [4.78, 5) is 13.6. The van der Waals surface area contributed by atoms with Gasteiger partial charge in [0.05, 0.1) is 11.8 Å². The van der Waals surface area contributed by atoms with Crippen molar-refractivity contribution in [1.82, 2.24) is 5.01 Å². The van der Waals surface area contributed by atoms with E-state index in [2.05, 4.69) is 54.6 Å². The van der Waals surface area contributed by atoms with Crippen molar-refractivity contribution in [2.24, 2.45) is 5.10 Å². The maximum Gasteiger partial charge on any atom is 0.267 e. The maximum absolute atomic E-state index is 13.6. The minimum Gasteiger partial charge on any atom is -0.268 e. The summed E-state index contributed by atoms with van der Waals surface area (Å²) in [6, 6.07) is 36.2. The molecule has 174 valence electrons. The van der Waals surface area contributed by atoms with Crippen molar-refractivity contribution in [3.05, 3.63) is 137 Å². The zero-order valence-corrected chi connectivity index (χ0v) is 20.3. The van der Waals surface area contributed by atoms with E-state index in [9.17, 15) is 4.79 Å². The molecule has 4 heteroatoms. The number of halogens is 1. The predicted octanol–water partition coefficient (Wildman–Crippen LogP) is 8.04. The van der Waals surface area contributed by atoms with E-state index in [-0.39, 0.29) is 11.9 Å². The van der Waals surface area contributed by atoms with Crippen LogP contribution in [0.4, 0.5) is 0 Å². The van der Waals surface area contributed by atoms with Gasteiger partial charge in [0.25, 0.3) is 5.91 Å². The van der Waals surface area contributed by atoms with Crippen LogP contribution in [0.3, 0.4) is 0 Å². The highest BCUT2D eigenvalue weighted by atomic mass is 35.5. The van der Waals surface area contributed by atoms with E-state index in [0.29, 0.717) is 11.4 Å². The minimum atomic E-state index is -0.236. The molecule has 1 unspecified atom stereocenters. The van der Waals surface area contributed by atoms with Crippen molar-refractivity contribution < 1.29 is 4.79 Å². The first-order chi connectivity index (χ1) is 17.7. The lowest BCUT2D eigenvalue weighted by molar-refractivity contribution is -0.127. The van der Waals surface area contributed by atoms with Crippen molar-refractivity contribution in [2.45, 2.75) is 12.5 Å². The van der Waals surface area contributed by atoms with Crippen molar-refractivity contribution >= 4 is 50.8 Å². The van der Waals surface area contributed by atoms with Crippen LogP contribution in [0.2, 0.25) is 5.02 Å². The zero-order valence-electron chi connectivity index (χ0n) is 19.5. The average Bonchev–Trinajstić information content (AvgIpc) is 3.36. The Kier molecular flexibility index (Phi) is 5.84. The molecule has 0 aliphatic carbocycles. The van der Waals surface area contributed by atoms with Crippen LogP contribution in [0.5, 0.6) is 0 Å². The third kappa shape index (κ3) is 4.19. The smallest absolute Gasteiger partial charge is 0.267 e. The highest BCUT2D eigenvalue weighted by Gasteiger charge is 2.34. The number of amides is 1. The van der Waals surface area contributed by atoms with Gasteiger partial charge < -0.3 is 0 Å². The third-order valence-electron chi connectivity index (χ3n) is 6.68. The quantitative estimate of drug-likeness (QED) is 0.187. The topological polar surface area (TPSA) is 32.7 Å². The number of fused-ring (bicyclic) bond motifs is 2. The zero-order chi connectivity index (χ0) is 24.5. The van der Waals surface area contributed by atoms with Gasteiger partial charge in [-0.2, -0.15) is 5.10 Å². The highest BCUT2D eigenvalue weighted by Crippen LogP contribution is 2.41. The SMILES string of the molecule is O=C(/C=C\c1ccccc1)N1N=C(c2ccc(Cl)cc2)CC1c1c2ccccc2cc2ccccc12. The summed E-state index contributed by atoms with van der Waals surface area (Å²) in [5, 5.41) is 11.8. The molecule has 0 saturated heterocycles. The van der Waals surface area contributed by atoms with Crippen LogP contribution < -0.4 is 0 Å². The van der Waals surface area contributed by atoms with Gasteiger partial charge in [-0.25, -0.2) is 5.01 Å². The van der Waals surface area contributed by atoms with Gasteiger partial charge in [-0.15, -0.1) is 0 Å². The van der Waals surface area contributed by atoms with E-state index in [1.54, 1.807) is 11.1 Å². The number of carbonyl (C=O) groups is 1. The molecule has 36 heavy (non-hydrogen) atoms. The second-order valence-corrected chi connectivity index (χ2v) is 9.37. The largest absolute Gasteiger partial charge is 0.268 e. The normalized spacial score (nSPS) is 15.6. The van der Waals surface area contributed by atoms with E-state index >= 15 is 0 Å². The first-order valence-corrected chi connectivity index (χ1v) is 12.4. The Morgan fingerprint density at radius 2 is 1.42 bits per heavy atom. The van der Waals surface area contributed by atoms with Crippen LogP contribution in [0, 0.1) is 0 Å². The lowest BCUT2D eigenvalue weighted by Gasteiger charge is -2.24. The van der Waals surface area contributed by atoms with Gasteiger partial charge in [0.2, 0.25) is 0 Å². The molecule has 0 saturated carbocycles. The van der Waals surface area contributed by atoms with Crippen LogP contribution >= 0.6 is 11.6 Å². The Bertz CT molecular complexity index is 1580. The Labute approximate surface area is 214 Å². The van der Waals surface area contributed by atoms with Crippen LogP contribution in [-0.2, 0) is 4.79 Å². The summed E-state index contributed by atoms with van der Waals surface area (Å²) < 4.78 is 0. The molecule has 0 aromatic heterocycles. The number of rotatable bonds is 4. The lowest BCUT2D eigenvalue weighted by Crippen LogP contribution is -2.25. The molecular formula is C32H23ClN2O. The van der Waals surface area contributed by atoms with Crippen LogP contribution in [0.25, 0.3) is 27.6 Å². The molecule has 6 rings (SSSR count). The molecule has 1 atom stereocenters. The molecule has 0 radical (unpaired) electrons. The van der Waals surface area contributed by atoms with Crippen LogP contribution in [0.1, 0.15) is 29.2 Å². The highest BCUT2D eigenvalue weighted by molar-refractivity contribution is 6.30. The fourth-order valence-corrected chi connectivity index (χ4v) is 5.10. The van der Waals surface area contributed by atoms with Gasteiger partial charge in [0.1, 0.15) is 0 Å². The molecule has 0 bridgehead atoms. The third-order valence-corrected chi connectivity index (χ3v) is 6.93. The van der Waals surface area contributed by atoms with E-state index in [1.807, 2.05) is 60.7 Å². The summed E-state index contributed by atoms with van der Waals surface area (Å²) in [5.74, 6) is -0.148. The molecule has 1 aliphatic rings. The molecule has 1 aliphatic heterocycles. The van der Waals surface area contributed by atoms with E-state index in [0.717, 1.165) is 43.9 Å². The lowest BCUT2D eigenvalue weighted by atomic mass is 9.89. The first kappa shape index (κ1) is 22.3. The maximum atomic E-state index is 13.6. The van der Waals surface area contributed by atoms with Crippen molar-refractivity contribution in [2.75, 3.05) is 0 Å². The van der Waals surface area contributed by atoms with Gasteiger partial charge in [-0.1, -0.05) is 103 Å². The van der Waals surface area contributed by atoms with E-state index < -0.39 is 0 Å². The molecule has 0 spiro atoms. The fourth-order valence-electron chi connectivity index (χ4n) is 4.97. The van der Waals surface area contributed by atoms with Gasteiger partial charge in [0, 0.05) is 17.5 Å². The number of nitrogens with zero attached hydrogens (tertiary/aromatic N) is 2. The number of hydrogen-bond donors (Lipinski definition) is 0. The number of hydrazone groups is 1. The van der Waals surface area contributed by atoms with E-state index in [1.165, 1.54) is 0 Å². The number of benzene rings is 5. The summed E-state index contributed by atoms with van der Waals surface area (Å²) in [6.45, 7) is 0. The Morgan fingerprint density at radius 1 is 0.806 bits per heavy atom. The summed E-state index contributed by atoms with van der Waals surface area (Å²) in [7, 11) is 0. The molecule has 5 aromatic rings. The Balaban J connectivity index is 1.49. The minimum absolute atomic E-state index is 0.148. The predicted molar refractivity (Wildman–Crippen MR) is 149 cm³/mol. The standard InChI is InChI=1S/C32H23ClN2O/c33-26-17-15-23(16-18-26)29-21-30(35(34-29)31(36)19-14-22-8-2-1-3-9-22)32-27-12-6-4-10-24(27)20-25-11-5-7-13-28(25)32/h1-20,30H,21H2/b19-14-. The van der Waals surface area contributed by atoms with Gasteiger partial charge in [-0.05, 0) is 62.5 Å². The molecule has 0 N–H and O–H groups in total. The first-order valence-electron chi connectivity index (χ1n) is 12.0. The number of carbonyl (C=O) groups excluding carboxylic acids is 1. The van der Waals surface area contributed by atoms with Crippen LogP contribution in [-0.4, -0.2) is 16.6 Å². The van der Waals surface area contributed by atoms with Crippen molar-refractivity contribution in [1.29, 1.82) is 0 Å². The monoisotopic (exact) mass is 486 g/mol. The van der Waals surface area contributed by atoms with E-state index in [4.69, 9.17) is 16.7 Å². The van der Waals surface area contributed by atoms with Crippen molar-refractivity contribution in [3.8, 4) is 0 Å². The van der Waals surface area contributed by atoms with Gasteiger partial charge >= 0.3 is 0 Å².